The summed E-state index contributed by atoms with van der Waals surface area (Å²) in [7, 11) is 0. The Morgan fingerprint density at radius 2 is 2.00 bits per heavy atom. The fourth-order valence-electron chi connectivity index (χ4n) is 2.83. The summed E-state index contributed by atoms with van der Waals surface area (Å²) in [5.41, 5.74) is 3.05. The Labute approximate surface area is 158 Å². The summed E-state index contributed by atoms with van der Waals surface area (Å²) >= 11 is 3.43. The lowest BCUT2D eigenvalue weighted by molar-refractivity contribution is -0.00177. The van der Waals surface area contributed by atoms with Crippen molar-refractivity contribution in [2.45, 2.75) is 25.8 Å². The van der Waals surface area contributed by atoms with Crippen LogP contribution in [0.15, 0.2) is 53.3 Å². The smallest absolute Gasteiger partial charge is 0.274 e. The van der Waals surface area contributed by atoms with Gasteiger partial charge in [-0.1, -0.05) is 33.3 Å². The number of aromatic nitrogens is 4. The zero-order chi connectivity index (χ0) is 17.9. The highest BCUT2D eigenvalue weighted by atomic mass is 79.9. The largest absolute Gasteiger partial charge is 0.365 e. The average molecular weight is 414 g/mol. The Morgan fingerprint density at radius 3 is 2.77 bits per heavy atom. The van der Waals surface area contributed by atoms with E-state index in [1.807, 2.05) is 36.4 Å². The number of amides is 1. The van der Waals surface area contributed by atoms with Gasteiger partial charge in [-0.05, 0) is 35.4 Å². The SMILES string of the molecule is O=C(NCc1ccncc1)c1nnn2c1COC(c1ccc(Br)cc1)C2. The molecule has 1 unspecified atom stereocenters. The summed E-state index contributed by atoms with van der Waals surface area (Å²) < 4.78 is 8.71. The van der Waals surface area contributed by atoms with Crippen LogP contribution in [0.5, 0.6) is 0 Å². The number of hydrogen-bond acceptors (Lipinski definition) is 5. The number of ether oxygens (including phenoxy) is 1. The predicted molar refractivity (Wildman–Crippen MR) is 97.1 cm³/mol. The molecule has 1 aliphatic heterocycles. The zero-order valence-electron chi connectivity index (χ0n) is 13.8. The van der Waals surface area contributed by atoms with Crippen molar-refractivity contribution in [3.63, 3.8) is 0 Å². The molecule has 1 atom stereocenters. The molecule has 3 aromatic rings. The van der Waals surface area contributed by atoms with Crippen molar-refractivity contribution in [2.24, 2.45) is 0 Å². The number of carbonyl (C=O) groups is 1. The van der Waals surface area contributed by atoms with Gasteiger partial charge in [0.05, 0.1) is 18.8 Å². The van der Waals surface area contributed by atoms with Crippen LogP contribution in [0.3, 0.4) is 0 Å². The van der Waals surface area contributed by atoms with Crippen molar-refractivity contribution in [2.75, 3.05) is 0 Å². The fraction of sp³-hybridized carbons (Fsp3) is 0.222. The number of nitrogens with zero attached hydrogens (tertiary/aromatic N) is 4. The molecule has 1 aliphatic rings. The van der Waals surface area contributed by atoms with Crippen LogP contribution in [0.4, 0.5) is 0 Å². The maximum atomic E-state index is 12.4. The molecule has 7 nitrogen and oxygen atoms in total. The molecule has 0 saturated carbocycles. The van der Waals surface area contributed by atoms with E-state index in [2.05, 4.69) is 36.5 Å². The van der Waals surface area contributed by atoms with Crippen LogP contribution in [0.25, 0.3) is 0 Å². The number of halogens is 1. The van der Waals surface area contributed by atoms with Gasteiger partial charge in [0.25, 0.3) is 5.91 Å². The van der Waals surface area contributed by atoms with Crippen molar-refractivity contribution in [3.8, 4) is 0 Å². The number of carbonyl (C=O) groups excluding carboxylic acids is 1. The second-order valence-electron chi connectivity index (χ2n) is 5.96. The van der Waals surface area contributed by atoms with Gasteiger partial charge in [-0.2, -0.15) is 0 Å². The highest BCUT2D eigenvalue weighted by Crippen LogP contribution is 2.27. The quantitative estimate of drug-likeness (QED) is 0.710. The minimum Gasteiger partial charge on any atom is -0.365 e. The van der Waals surface area contributed by atoms with Crippen LogP contribution < -0.4 is 5.32 Å². The van der Waals surface area contributed by atoms with E-state index in [9.17, 15) is 4.79 Å². The molecule has 1 amide bonds. The minimum absolute atomic E-state index is 0.106. The van der Waals surface area contributed by atoms with Crippen molar-refractivity contribution < 1.29 is 9.53 Å². The Morgan fingerprint density at radius 1 is 1.23 bits per heavy atom. The highest BCUT2D eigenvalue weighted by molar-refractivity contribution is 9.10. The van der Waals surface area contributed by atoms with E-state index < -0.39 is 0 Å². The number of rotatable bonds is 4. The number of pyridine rings is 1. The van der Waals surface area contributed by atoms with E-state index in [1.165, 1.54) is 0 Å². The molecule has 1 N–H and O–H groups in total. The van der Waals surface area contributed by atoms with Gasteiger partial charge in [-0.25, -0.2) is 4.68 Å². The Bertz CT molecular complexity index is 911. The normalized spacial score (nSPS) is 16.1. The number of nitrogens with one attached hydrogen (secondary N) is 1. The maximum absolute atomic E-state index is 12.4. The molecule has 0 fully saturated rings. The molecule has 1 aromatic carbocycles. The lowest BCUT2D eigenvalue weighted by Crippen LogP contribution is -2.27. The van der Waals surface area contributed by atoms with Gasteiger partial charge >= 0.3 is 0 Å². The first kappa shape index (κ1) is 16.9. The summed E-state index contributed by atoms with van der Waals surface area (Å²) in [4.78, 5) is 16.4. The molecular formula is C18H16BrN5O2. The van der Waals surface area contributed by atoms with Crippen molar-refractivity contribution in [3.05, 3.63) is 75.8 Å². The van der Waals surface area contributed by atoms with Crippen LogP contribution in [0, 0.1) is 0 Å². The van der Waals surface area contributed by atoms with Gasteiger partial charge < -0.3 is 10.1 Å². The van der Waals surface area contributed by atoms with E-state index in [-0.39, 0.29) is 12.0 Å². The standard InChI is InChI=1S/C18H16BrN5O2/c19-14-3-1-13(2-4-14)16-10-24-15(11-26-16)17(22-23-24)18(25)21-9-12-5-7-20-8-6-12/h1-8,16H,9-11H2,(H,21,25). The molecule has 0 saturated heterocycles. The van der Waals surface area contributed by atoms with E-state index >= 15 is 0 Å². The van der Waals surface area contributed by atoms with Gasteiger partial charge in [-0.15, -0.1) is 5.10 Å². The van der Waals surface area contributed by atoms with Crippen LogP contribution in [-0.4, -0.2) is 25.9 Å². The first-order chi connectivity index (χ1) is 12.7. The second kappa shape index (κ2) is 7.35. The summed E-state index contributed by atoms with van der Waals surface area (Å²) in [5.74, 6) is -0.256. The van der Waals surface area contributed by atoms with Gasteiger partial charge in [0.15, 0.2) is 5.69 Å². The van der Waals surface area contributed by atoms with Gasteiger partial charge in [-0.3, -0.25) is 9.78 Å². The Balaban J connectivity index is 1.45. The molecular weight excluding hydrogens is 398 g/mol. The van der Waals surface area contributed by atoms with Crippen molar-refractivity contribution in [1.82, 2.24) is 25.3 Å². The summed E-state index contributed by atoms with van der Waals surface area (Å²) in [5, 5.41) is 11.0. The van der Waals surface area contributed by atoms with E-state index in [4.69, 9.17) is 4.74 Å². The molecule has 2 aromatic heterocycles. The molecule has 0 spiro atoms. The highest BCUT2D eigenvalue weighted by Gasteiger charge is 2.27. The first-order valence-electron chi connectivity index (χ1n) is 8.17. The number of fused-ring (bicyclic) bond motifs is 1. The fourth-order valence-corrected chi connectivity index (χ4v) is 3.10. The molecule has 4 rings (SSSR count). The maximum Gasteiger partial charge on any atom is 0.274 e. The Kier molecular flexibility index (Phi) is 4.77. The van der Waals surface area contributed by atoms with Crippen LogP contribution >= 0.6 is 15.9 Å². The third-order valence-electron chi connectivity index (χ3n) is 4.26. The Hall–Kier alpha value is -2.58. The van der Waals surface area contributed by atoms with E-state index in [0.29, 0.717) is 31.1 Å². The second-order valence-corrected chi connectivity index (χ2v) is 6.87. The van der Waals surface area contributed by atoms with Crippen LogP contribution in [0.2, 0.25) is 0 Å². The van der Waals surface area contributed by atoms with Crippen molar-refractivity contribution >= 4 is 21.8 Å². The van der Waals surface area contributed by atoms with Gasteiger partial charge in [0.1, 0.15) is 6.10 Å². The molecule has 26 heavy (non-hydrogen) atoms. The number of hydrogen-bond donors (Lipinski definition) is 1. The van der Waals surface area contributed by atoms with Gasteiger partial charge in [0, 0.05) is 23.4 Å². The predicted octanol–water partition coefficient (Wildman–Crippen LogP) is 2.64. The molecule has 132 valence electrons. The lowest BCUT2D eigenvalue weighted by atomic mass is 10.1. The third kappa shape index (κ3) is 3.51. The van der Waals surface area contributed by atoms with Crippen LogP contribution in [-0.2, 0) is 24.4 Å². The molecule has 8 heteroatoms. The minimum atomic E-state index is -0.256. The van der Waals surface area contributed by atoms with E-state index in [1.54, 1.807) is 17.1 Å². The zero-order valence-corrected chi connectivity index (χ0v) is 15.4. The summed E-state index contributed by atoms with van der Waals surface area (Å²) in [6, 6.07) is 11.7. The lowest BCUT2D eigenvalue weighted by Gasteiger charge is -2.24. The summed E-state index contributed by atoms with van der Waals surface area (Å²) in [6.07, 6.45) is 3.28. The van der Waals surface area contributed by atoms with Crippen molar-refractivity contribution in [1.29, 1.82) is 0 Å². The summed E-state index contributed by atoms with van der Waals surface area (Å²) in [6.45, 7) is 1.24. The first-order valence-corrected chi connectivity index (χ1v) is 8.96. The third-order valence-corrected chi connectivity index (χ3v) is 4.79. The molecule has 0 bridgehead atoms. The van der Waals surface area contributed by atoms with Gasteiger partial charge in [0.2, 0.25) is 0 Å². The molecule has 0 aliphatic carbocycles. The molecule has 0 radical (unpaired) electrons. The number of benzene rings is 1. The monoisotopic (exact) mass is 413 g/mol. The molecule has 3 heterocycles. The van der Waals surface area contributed by atoms with E-state index in [0.717, 1.165) is 15.6 Å². The van der Waals surface area contributed by atoms with Crippen LogP contribution in [0.1, 0.15) is 33.4 Å². The average Bonchev–Trinajstić information content (AvgIpc) is 3.11. The topological polar surface area (TPSA) is 81.9 Å².